The first-order chi connectivity index (χ1) is 8.04. The minimum atomic E-state index is 0.359. The Hall–Kier alpha value is -0.540. The molecule has 2 N–H and O–H groups in total. The van der Waals surface area contributed by atoms with Crippen molar-refractivity contribution in [1.82, 2.24) is 9.78 Å². The maximum absolute atomic E-state index is 6.34. The SMILES string of the molecule is CCn1nc(C)c(Cl)c1CC1CCC(N)C1C. The summed E-state index contributed by atoms with van der Waals surface area (Å²) >= 11 is 6.34. The number of hydrogen-bond acceptors (Lipinski definition) is 2. The number of aromatic nitrogens is 2. The van der Waals surface area contributed by atoms with Gasteiger partial charge in [0, 0.05) is 12.6 Å². The zero-order valence-corrected chi connectivity index (χ0v) is 11.7. The summed E-state index contributed by atoms with van der Waals surface area (Å²) in [4.78, 5) is 0. The summed E-state index contributed by atoms with van der Waals surface area (Å²) in [6.07, 6.45) is 3.37. The van der Waals surface area contributed by atoms with Crippen LogP contribution in [0.2, 0.25) is 5.02 Å². The lowest BCUT2D eigenvalue weighted by Gasteiger charge is -2.18. The van der Waals surface area contributed by atoms with Crippen molar-refractivity contribution in [3.05, 3.63) is 16.4 Å². The van der Waals surface area contributed by atoms with E-state index in [1.54, 1.807) is 0 Å². The molecule has 1 aromatic heterocycles. The summed E-state index contributed by atoms with van der Waals surface area (Å²) in [5.41, 5.74) is 8.22. The highest BCUT2D eigenvalue weighted by Gasteiger charge is 2.31. The summed E-state index contributed by atoms with van der Waals surface area (Å²) < 4.78 is 2.04. The van der Waals surface area contributed by atoms with Crippen LogP contribution in [0.25, 0.3) is 0 Å². The first-order valence-electron chi connectivity index (χ1n) is 6.52. The van der Waals surface area contributed by atoms with E-state index in [2.05, 4.69) is 18.9 Å². The van der Waals surface area contributed by atoms with Crippen LogP contribution < -0.4 is 5.73 Å². The molecule has 2 rings (SSSR count). The maximum Gasteiger partial charge on any atom is 0.0847 e. The van der Waals surface area contributed by atoms with Gasteiger partial charge in [-0.25, -0.2) is 0 Å². The van der Waals surface area contributed by atoms with Gasteiger partial charge in [-0.1, -0.05) is 18.5 Å². The molecule has 1 heterocycles. The van der Waals surface area contributed by atoms with Gasteiger partial charge in [0.2, 0.25) is 0 Å². The van der Waals surface area contributed by atoms with Crippen LogP contribution in [0.1, 0.15) is 38.1 Å². The van der Waals surface area contributed by atoms with Crippen molar-refractivity contribution in [3.63, 3.8) is 0 Å². The molecular formula is C13H22ClN3. The number of halogens is 1. The van der Waals surface area contributed by atoms with Gasteiger partial charge in [0.05, 0.1) is 16.4 Å². The second kappa shape index (κ2) is 4.99. The normalized spacial score (nSPS) is 28.9. The molecule has 96 valence electrons. The molecule has 3 nitrogen and oxygen atoms in total. The molecule has 0 amide bonds. The summed E-state index contributed by atoms with van der Waals surface area (Å²) in [5.74, 6) is 1.25. The van der Waals surface area contributed by atoms with E-state index >= 15 is 0 Å². The van der Waals surface area contributed by atoms with Gasteiger partial charge in [0.25, 0.3) is 0 Å². The maximum atomic E-state index is 6.34. The molecule has 1 fully saturated rings. The zero-order valence-electron chi connectivity index (χ0n) is 10.9. The molecule has 1 aliphatic carbocycles. The predicted molar refractivity (Wildman–Crippen MR) is 71.2 cm³/mol. The highest BCUT2D eigenvalue weighted by Crippen LogP contribution is 2.35. The number of nitrogens with zero attached hydrogens (tertiary/aromatic N) is 2. The van der Waals surface area contributed by atoms with E-state index in [1.807, 2.05) is 11.6 Å². The van der Waals surface area contributed by atoms with Gasteiger partial charge in [-0.2, -0.15) is 5.10 Å². The second-order valence-electron chi connectivity index (χ2n) is 5.23. The smallest absolute Gasteiger partial charge is 0.0847 e. The third-order valence-electron chi connectivity index (χ3n) is 4.20. The van der Waals surface area contributed by atoms with Crippen LogP contribution in [-0.2, 0) is 13.0 Å². The van der Waals surface area contributed by atoms with Crippen LogP contribution in [0.5, 0.6) is 0 Å². The number of aryl methyl sites for hydroxylation is 2. The highest BCUT2D eigenvalue weighted by atomic mass is 35.5. The third-order valence-corrected chi connectivity index (χ3v) is 4.69. The van der Waals surface area contributed by atoms with Gasteiger partial charge < -0.3 is 5.73 Å². The van der Waals surface area contributed by atoms with Gasteiger partial charge in [0.15, 0.2) is 0 Å². The number of rotatable bonds is 3. The second-order valence-corrected chi connectivity index (χ2v) is 5.60. The standard InChI is InChI=1S/C13H22ClN3/c1-4-17-12(13(14)9(3)16-17)7-10-5-6-11(15)8(10)2/h8,10-11H,4-7,15H2,1-3H3. The van der Waals surface area contributed by atoms with E-state index in [0.29, 0.717) is 17.9 Å². The van der Waals surface area contributed by atoms with E-state index in [1.165, 1.54) is 12.1 Å². The van der Waals surface area contributed by atoms with Crippen LogP contribution in [-0.4, -0.2) is 15.8 Å². The summed E-state index contributed by atoms with van der Waals surface area (Å²) in [6, 6.07) is 0.359. The van der Waals surface area contributed by atoms with Crippen molar-refractivity contribution in [2.45, 2.75) is 52.6 Å². The fraction of sp³-hybridized carbons (Fsp3) is 0.769. The molecule has 1 saturated carbocycles. The molecule has 0 radical (unpaired) electrons. The average molecular weight is 256 g/mol. The van der Waals surface area contributed by atoms with Crippen LogP contribution in [0.4, 0.5) is 0 Å². The van der Waals surface area contributed by atoms with Gasteiger partial charge in [-0.3, -0.25) is 4.68 Å². The van der Waals surface area contributed by atoms with Crippen molar-refractivity contribution in [1.29, 1.82) is 0 Å². The lowest BCUT2D eigenvalue weighted by molar-refractivity contribution is 0.380. The Kier molecular flexibility index (Phi) is 3.79. The van der Waals surface area contributed by atoms with E-state index in [4.69, 9.17) is 17.3 Å². The molecule has 17 heavy (non-hydrogen) atoms. The van der Waals surface area contributed by atoms with Crippen molar-refractivity contribution in [2.24, 2.45) is 17.6 Å². The predicted octanol–water partition coefficient (Wildman–Crippen LogP) is 2.78. The fourth-order valence-corrected chi connectivity index (χ4v) is 3.09. The minimum absolute atomic E-state index is 0.359. The molecule has 4 heteroatoms. The molecule has 0 saturated heterocycles. The van der Waals surface area contributed by atoms with Crippen molar-refractivity contribution >= 4 is 11.6 Å². The van der Waals surface area contributed by atoms with Crippen LogP contribution >= 0.6 is 11.6 Å². The summed E-state index contributed by atoms with van der Waals surface area (Å²) in [7, 11) is 0. The van der Waals surface area contributed by atoms with E-state index in [0.717, 1.165) is 30.1 Å². The van der Waals surface area contributed by atoms with Gasteiger partial charge in [-0.15, -0.1) is 0 Å². The molecule has 0 aliphatic heterocycles. The Morgan fingerprint density at radius 3 is 2.71 bits per heavy atom. The molecular weight excluding hydrogens is 234 g/mol. The van der Waals surface area contributed by atoms with E-state index in [9.17, 15) is 0 Å². The number of hydrogen-bond donors (Lipinski definition) is 1. The molecule has 0 spiro atoms. The summed E-state index contributed by atoms with van der Waals surface area (Å²) in [6.45, 7) is 7.23. The van der Waals surface area contributed by atoms with Crippen molar-refractivity contribution in [3.8, 4) is 0 Å². The molecule has 0 aromatic carbocycles. The lowest BCUT2D eigenvalue weighted by atomic mass is 9.91. The summed E-state index contributed by atoms with van der Waals surface area (Å²) in [5, 5.41) is 5.32. The zero-order chi connectivity index (χ0) is 12.6. The molecule has 1 aliphatic rings. The largest absolute Gasteiger partial charge is 0.327 e. The highest BCUT2D eigenvalue weighted by molar-refractivity contribution is 6.31. The van der Waals surface area contributed by atoms with E-state index < -0.39 is 0 Å². The van der Waals surface area contributed by atoms with Crippen LogP contribution in [0, 0.1) is 18.8 Å². The molecule has 3 unspecified atom stereocenters. The quantitative estimate of drug-likeness (QED) is 0.903. The van der Waals surface area contributed by atoms with Crippen molar-refractivity contribution < 1.29 is 0 Å². The molecule has 0 bridgehead atoms. The fourth-order valence-electron chi connectivity index (χ4n) is 2.88. The Bertz CT molecular complexity index is 400. The Labute approximate surface area is 108 Å². The average Bonchev–Trinajstić information content (AvgIpc) is 2.76. The lowest BCUT2D eigenvalue weighted by Crippen LogP contribution is -2.26. The van der Waals surface area contributed by atoms with Crippen molar-refractivity contribution in [2.75, 3.05) is 0 Å². The van der Waals surface area contributed by atoms with Gasteiger partial charge >= 0.3 is 0 Å². The van der Waals surface area contributed by atoms with Crippen LogP contribution in [0.3, 0.4) is 0 Å². The van der Waals surface area contributed by atoms with Gasteiger partial charge in [0.1, 0.15) is 0 Å². The van der Waals surface area contributed by atoms with Crippen LogP contribution in [0.15, 0.2) is 0 Å². The monoisotopic (exact) mass is 255 g/mol. The Morgan fingerprint density at radius 1 is 1.47 bits per heavy atom. The first kappa shape index (κ1) is 12.9. The minimum Gasteiger partial charge on any atom is -0.327 e. The Balaban J connectivity index is 2.18. The van der Waals surface area contributed by atoms with E-state index in [-0.39, 0.29) is 0 Å². The Morgan fingerprint density at radius 2 is 2.18 bits per heavy atom. The molecule has 1 aromatic rings. The number of nitrogens with two attached hydrogens (primary N) is 1. The first-order valence-corrected chi connectivity index (χ1v) is 6.89. The third kappa shape index (κ3) is 2.36. The topological polar surface area (TPSA) is 43.8 Å². The van der Waals surface area contributed by atoms with Gasteiger partial charge in [-0.05, 0) is 44.9 Å². The molecule has 3 atom stereocenters.